The van der Waals surface area contributed by atoms with Crippen molar-refractivity contribution in [2.24, 2.45) is 11.8 Å². The summed E-state index contributed by atoms with van der Waals surface area (Å²) in [5.74, 6) is -5.38. The Kier molecular flexibility index (Phi) is 12.1. The van der Waals surface area contributed by atoms with Crippen molar-refractivity contribution >= 4 is 56.7 Å². The number of nitriles is 2. The molecule has 4 aromatic rings. The van der Waals surface area contributed by atoms with Crippen LogP contribution in [0, 0.1) is 46.1 Å². The molecule has 0 saturated carbocycles. The number of rotatable bonds is 10. The van der Waals surface area contributed by atoms with Crippen molar-refractivity contribution in [3.63, 3.8) is 0 Å². The molecule has 12 nitrogen and oxygen atoms in total. The summed E-state index contributed by atoms with van der Waals surface area (Å²) in [5, 5.41) is 41.1. The fraction of sp³-hybridized carbons (Fsp3) is 0.200. The first-order chi connectivity index (χ1) is 21.8. The van der Waals surface area contributed by atoms with Crippen LogP contribution in [0.15, 0.2) is 48.5 Å². The van der Waals surface area contributed by atoms with Gasteiger partial charge in [0.2, 0.25) is 11.8 Å². The SMILES string of the molecule is CC(CC(=O)O)C(=O)Nc1nc(-c2ccc(F)cc2)c(C#N)s1.C[C@H](CC(=O)O)C(=O)Nc1nc(-c2ccc(F)cc2)c(C#N)s1. The third kappa shape index (κ3) is 9.71. The lowest BCUT2D eigenvalue weighted by molar-refractivity contribution is -0.140. The highest BCUT2D eigenvalue weighted by Gasteiger charge is 2.21. The highest BCUT2D eigenvalue weighted by atomic mass is 32.1. The summed E-state index contributed by atoms with van der Waals surface area (Å²) in [7, 11) is 0. The molecule has 0 aliphatic carbocycles. The number of carbonyl (C=O) groups excluding carboxylic acids is 2. The Morgan fingerprint density at radius 1 is 0.717 bits per heavy atom. The number of aromatic nitrogens is 2. The number of aliphatic carboxylic acids is 2. The average Bonchev–Trinajstić information content (AvgIpc) is 3.61. The molecule has 1 unspecified atom stereocenters. The van der Waals surface area contributed by atoms with E-state index >= 15 is 0 Å². The van der Waals surface area contributed by atoms with Gasteiger partial charge >= 0.3 is 11.9 Å². The first-order valence-electron chi connectivity index (χ1n) is 13.2. The number of hydrogen-bond acceptors (Lipinski definition) is 10. The van der Waals surface area contributed by atoms with Gasteiger partial charge in [0, 0.05) is 23.0 Å². The minimum absolute atomic E-state index is 0.197. The molecule has 2 amide bonds. The highest BCUT2D eigenvalue weighted by molar-refractivity contribution is 7.17. The van der Waals surface area contributed by atoms with Gasteiger partial charge < -0.3 is 20.8 Å². The molecule has 0 radical (unpaired) electrons. The Hall–Kier alpha value is -5.58. The topological polar surface area (TPSA) is 206 Å². The first-order valence-corrected chi connectivity index (χ1v) is 14.8. The summed E-state index contributed by atoms with van der Waals surface area (Å²) in [4.78, 5) is 53.9. The van der Waals surface area contributed by atoms with E-state index in [0.29, 0.717) is 22.5 Å². The van der Waals surface area contributed by atoms with E-state index < -0.39 is 47.2 Å². The van der Waals surface area contributed by atoms with Crippen LogP contribution in [-0.4, -0.2) is 43.9 Å². The van der Waals surface area contributed by atoms with Crippen molar-refractivity contribution in [3.8, 4) is 34.7 Å². The van der Waals surface area contributed by atoms with Gasteiger partial charge in [0.25, 0.3) is 0 Å². The van der Waals surface area contributed by atoms with Crippen molar-refractivity contribution in [2.75, 3.05) is 10.6 Å². The van der Waals surface area contributed by atoms with Crippen molar-refractivity contribution in [1.29, 1.82) is 10.5 Å². The van der Waals surface area contributed by atoms with E-state index in [1.807, 2.05) is 12.1 Å². The van der Waals surface area contributed by atoms with E-state index in [0.717, 1.165) is 22.7 Å². The second kappa shape index (κ2) is 15.9. The molecule has 2 atom stereocenters. The number of anilines is 2. The molecule has 0 bridgehead atoms. The van der Waals surface area contributed by atoms with Gasteiger partial charge in [-0.25, -0.2) is 18.7 Å². The standard InChI is InChI=1S/2C15H12FN3O3S/c2*1-8(6-12(20)21)14(22)19-15-18-13(11(7-17)23-15)9-2-4-10(16)5-3-9/h2*2-5,8H,6H2,1H3,(H,20,21)(H,18,19,22)/t8-;/m1./s1. The monoisotopic (exact) mass is 666 g/mol. The molecule has 0 saturated heterocycles. The number of nitrogens with one attached hydrogen (secondary N) is 2. The Bertz CT molecular complexity index is 1690. The molecule has 0 fully saturated rings. The molecule has 2 heterocycles. The van der Waals surface area contributed by atoms with Gasteiger partial charge in [-0.2, -0.15) is 10.5 Å². The van der Waals surface area contributed by atoms with Crippen molar-refractivity contribution in [1.82, 2.24) is 9.97 Å². The molecule has 0 spiro atoms. The minimum atomic E-state index is -1.07. The first kappa shape index (κ1) is 34.9. The Balaban J connectivity index is 0.000000250. The van der Waals surface area contributed by atoms with E-state index in [4.69, 9.17) is 20.7 Å². The van der Waals surface area contributed by atoms with Crippen molar-refractivity contribution in [3.05, 3.63) is 69.9 Å². The maximum absolute atomic E-state index is 13.0. The van der Waals surface area contributed by atoms with Crippen LogP contribution in [0.4, 0.5) is 19.0 Å². The second-order valence-corrected chi connectivity index (χ2v) is 11.6. The van der Waals surface area contributed by atoms with Crippen LogP contribution in [0.2, 0.25) is 0 Å². The summed E-state index contributed by atoms with van der Waals surface area (Å²) in [5.41, 5.74) is 1.80. The summed E-state index contributed by atoms with van der Waals surface area (Å²) in [6.07, 6.45) is -0.597. The maximum Gasteiger partial charge on any atom is 0.304 e. The number of benzene rings is 2. The number of amides is 2. The Morgan fingerprint density at radius 3 is 1.33 bits per heavy atom. The minimum Gasteiger partial charge on any atom is -0.481 e. The zero-order valence-electron chi connectivity index (χ0n) is 24.1. The van der Waals surface area contributed by atoms with Crippen LogP contribution in [-0.2, 0) is 19.2 Å². The lowest BCUT2D eigenvalue weighted by atomic mass is 10.1. The molecule has 4 rings (SSSR count). The van der Waals surface area contributed by atoms with E-state index in [9.17, 15) is 28.0 Å². The zero-order chi connectivity index (χ0) is 34.0. The number of halogens is 2. The summed E-state index contributed by atoms with van der Waals surface area (Å²) >= 11 is 1.96. The van der Waals surface area contributed by atoms with E-state index in [1.54, 1.807) is 0 Å². The van der Waals surface area contributed by atoms with E-state index in [1.165, 1.54) is 62.4 Å². The van der Waals surface area contributed by atoms with E-state index in [-0.39, 0.29) is 32.9 Å². The largest absolute Gasteiger partial charge is 0.481 e. The van der Waals surface area contributed by atoms with Crippen LogP contribution < -0.4 is 10.6 Å². The van der Waals surface area contributed by atoms with Gasteiger partial charge in [-0.05, 0) is 48.5 Å². The third-order valence-electron chi connectivity index (χ3n) is 6.01. The average molecular weight is 667 g/mol. The van der Waals surface area contributed by atoms with Crippen LogP contribution in [0.1, 0.15) is 36.4 Å². The van der Waals surface area contributed by atoms with Gasteiger partial charge in [-0.1, -0.05) is 36.5 Å². The lowest BCUT2D eigenvalue weighted by Crippen LogP contribution is -2.22. The smallest absolute Gasteiger partial charge is 0.304 e. The summed E-state index contributed by atoms with van der Waals surface area (Å²) in [6.45, 7) is 2.98. The van der Waals surface area contributed by atoms with E-state index in [2.05, 4.69) is 20.6 Å². The summed E-state index contributed by atoms with van der Waals surface area (Å²) < 4.78 is 25.9. The number of carboxylic acid groups (broad SMARTS) is 2. The molecular formula is C30H24F2N6O6S2. The van der Waals surface area contributed by atoms with Crippen LogP contribution in [0.3, 0.4) is 0 Å². The molecule has 0 aliphatic rings. The Labute approximate surface area is 268 Å². The van der Waals surface area contributed by atoms with Crippen LogP contribution >= 0.6 is 22.7 Å². The molecular weight excluding hydrogens is 642 g/mol. The molecule has 236 valence electrons. The van der Waals surface area contributed by atoms with Gasteiger partial charge in [0.05, 0.1) is 12.8 Å². The number of carboxylic acids is 2. The normalized spacial score (nSPS) is 11.5. The molecule has 4 N–H and O–H groups in total. The van der Waals surface area contributed by atoms with Gasteiger partial charge in [0.1, 0.15) is 44.9 Å². The zero-order valence-corrected chi connectivity index (χ0v) is 25.7. The molecule has 16 heteroatoms. The van der Waals surface area contributed by atoms with Crippen molar-refractivity contribution in [2.45, 2.75) is 26.7 Å². The van der Waals surface area contributed by atoms with Gasteiger partial charge in [0.15, 0.2) is 10.3 Å². The van der Waals surface area contributed by atoms with Crippen LogP contribution in [0.25, 0.3) is 22.5 Å². The molecule has 46 heavy (non-hydrogen) atoms. The number of hydrogen-bond donors (Lipinski definition) is 4. The van der Waals surface area contributed by atoms with Crippen LogP contribution in [0.5, 0.6) is 0 Å². The summed E-state index contributed by atoms with van der Waals surface area (Å²) in [6, 6.07) is 14.9. The fourth-order valence-electron chi connectivity index (χ4n) is 3.67. The van der Waals surface area contributed by atoms with Crippen molar-refractivity contribution < 1.29 is 38.2 Å². The number of carbonyl (C=O) groups is 4. The molecule has 2 aromatic carbocycles. The lowest BCUT2D eigenvalue weighted by Gasteiger charge is -2.07. The quantitative estimate of drug-likeness (QED) is 0.161. The third-order valence-corrected chi connectivity index (χ3v) is 7.76. The fourth-order valence-corrected chi connectivity index (χ4v) is 5.25. The maximum atomic E-state index is 13.0. The predicted molar refractivity (Wildman–Crippen MR) is 165 cm³/mol. The molecule has 2 aromatic heterocycles. The number of thiazole rings is 2. The Morgan fingerprint density at radius 2 is 1.04 bits per heavy atom. The van der Waals surface area contributed by atoms with Gasteiger partial charge in [-0.3, -0.25) is 19.2 Å². The number of nitrogens with zero attached hydrogens (tertiary/aromatic N) is 4. The predicted octanol–water partition coefficient (Wildman–Crippen LogP) is 5.74. The second-order valence-electron chi connectivity index (χ2n) is 9.61. The molecule has 0 aliphatic heterocycles. The van der Waals surface area contributed by atoms with Gasteiger partial charge in [-0.15, -0.1) is 0 Å². The highest BCUT2D eigenvalue weighted by Crippen LogP contribution is 2.32.